The minimum Gasteiger partial charge on any atom is -0.346 e. The van der Waals surface area contributed by atoms with Crippen molar-refractivity contribution >= 4 is 5.91 Å². The van der Waals surface area contributed by atoms with Crippen LogP contribution in [0, 0.1) is 0 Å². The van der Waals surface area contributed by atoms with Crippen molar-refractivity contribution in [1.29, 1.82) is 0 Å². The first kappa shape index (κ1) is 15.2. The van der Waals surface area contributed by atoms with E-state index in [1.807, 2.05) is 0 Å². The molecule has 0 aromatic heterocycles. The molecule has 0 aromatic rings. The van der Waals surface area contributed by atoms with E-state index in [4.69, 9.17) is 5.73 Å². The Kier molecular flexibility index (Phi) is 7.12. The van der Waals surface area contributed by atoms with Crippen LogP contribution in [0.1, 0.15) is 32.1 Å². The number of hydrogen-bond acceptors (Lipinski definition) is 2. The van der Waals surface area contributed by atoms with E-state index in [1.54, 1.807) is 0 Å². The largest absolute Gasteiger partial charge is 0.389 e. The second-order valence-electron chi connectivity index (χ2n) is 3.78. The third-order valence-electron chi connectivity index (χ3n) is 2.25. The van der Waals surface area contributed by atoms with Gasteiger partial charge < -0.3 is 10.6 Å². The molecule has 0 saturated carbocycles. The SMILES string of the molecule is CN(CCCCCN)C(=O)CCC(F)(F)F. The predicted octanol–water partition coefficient (Wildman–Crippen LogP) is 1.92. The molecule has 0 aliphatic rings. The lowest BCUT2D eigenvalue weighted by Gasteiger charge is -2.17. The molecule has 1 amide bonds. The fourth-order valence-corrected chi connectivity index (χ4v) is 1.23. The highest BCUT2D eigenvalue weighted by Gasteiger charge is 2.28. The molecular weight excluding hydrogens is 221 g/mol. The molecule has 16 heavy (non-hydrogen) atoms. The Balaban J connectivity index is 3.65. The van der Waals surface area contributed by atoms with Crippen LogP contribution in [0.5, 0.6) is 0 Å². The number of nitrogens with two attached hydrogens (primary N) is 1. The van der Waals surface area contributed by atoms with Crippen LogP contribution in [-0.2, 0) is 4.79 Å². The van der Waals surface area contributed by atoms with Crippen molar-refractivity contribution in [2.75, 3.05) is 20.1 Å². The van der Waals surface area contributed by atoms with Crippen LogP contribution in [0.25, 0.3) is 0 Å². The summed E-state index contributed by atoms with van der Waals surface area (Å²) >= 11 is 0. The van der Waals surface area contributed by atoms with Crippen molar-refractivity contribution in [2.45, 2.75) is 38.3 Å². The highest BCUT2D eigenvalue weighted by atomic mass is 19.4. The van der Waals surface area contributed by atoms with Crippen molar-refractivity contribution in [3.63, 3.8) is 0 Å². The van der Waals surface area contributed by atoms with Gasteiger partial charge in [0.1, 0.15) is 0 Å². The monoisotopic (exact) mass is 240 g/mol. The van der Waals surface area contributed by atoms with Gasteiger partial charge in [-0.1, -0.05) is 6.42 Å². The minimum absolute atomic E-state index is 0.454. The molecule has 0 aliphatic heterocycles. The van der Waals surface area contributed by atoms with Gasteiger partial charge in [0.05, 0.1) is 6.42 Å². The van der Waals surface area contributed by atoms with Gasteiger partial charge in [-0.05, 0) is 19.4 Å². The fraction of sp³-hybridized carbons (Fsp3) is 0.900. The van der Waals surface area contributed by atoms with E-state index >= 15 is 0 Å². The number of alkyl halides is 3. The molecule has 3 nitrogen and oxygen atoms in total. The van der Waals surface area contributed by atoms with E-state index in [9.17, 15) is 18.0 Å². The van der Waals surface area contributed by atoms with Gasteiger partial charge in [0, 0.05) is 20.0 Å². The zero-order valence-corrected chi connectivity index (χ0v) is 9.52. The molecule has 0 spiro atoms. The van der Waals surface area contributed by atoms with Crippen LogP contribution in [0.3, 0.4) is 0 Å². The van der Waals surface area contributed by atoms with E-state index in [0.29, 0.717) is 13.1 Å². The van der Waals surface area contributed by atoms with Crippen molar-refractivity contribution in [2.24, 2.45) is 5.73 Å². The van der Waals surface area contributed by atoms with E-state index in [1.165, 1.54) is 11.9 Å². The number of rotatable bonds is 7. The lowest BCUT2D eigenvalue weighted by atomic mass is 10.2. The van der Waals surface area contributed by atoms with Crippen molar-refractivity contribution in [3.8, 4) is 0 Å². The highest BCUT2D eigenvalue weighted by Crippen LogP contribution is 2.21. The van der Waals surface area contributed by atoms with Crippen LogP contribution in [0.4, 0.5) is 13.2 Å². The average molecular weight is 240 g/mol. The third-order valence-corrected chi connectivity index (χ3v) is 2.25. The molecule has 0 heterocycles. The van der Waals surface area contributed by atoms with Gasteiger partial charge in [-0.3, -0.25) is 4.79 Å². The number of nitrogens with zero attached hydrogens (tertiary/aromatic N) is 1. The molecule has 0 aromatic carbocycles. The van der Waals surface area contributed by atoms with Gasteiger partial charge >= 0.3 is 6.18 Å². The summed E-state index contributed by atoms with van der Waals surface area (Å²) in [7, 11) is 1.53. The number of amides is 1. The Morgan fingerprint density at radius 2 is 1.88 bits per heavy atom. The number of halogens is 3. The molecule has 0 rings (SSSR count). The minimum atomic E-state index is -4.25. The number of hydrogen-bond donors (Lipinski definition) is 1. The Labute approximate surface area is 93.8 Å². The Hall–Kier alpha value is -0.780. The predicted molar refractivity (Wildman–Crippen MR) is 55.8 cm³/mol. The van der Waals surface area contributed by atoms with Gasteiger partial charge in [-0.2, -0.15) is 13.2 Å². The first-order chi connectivity index (χ1) is 7.37. The maximum absolute atomic E-state index is 11.8. The van der Waals surface area contributed by atoms with E-state index in [0.717, 1.165) is 19.3 Å². The van der Waals surface area contributed by atoms with Crippen LogP contribution < -0.4 is 5.73 Å². The van der Waals surface area contributed by atoms with E-state index in [-0.39, 0.29) is 0 Å². The first-order valence-electron chi connectivity index (χ1n) is 5.37. The number of unbranched alkanes of at least 4 members (excludes halogenated alkanes) is 2. The molecule has 0 aliphatic carbocycles. The molecule has 0 unspecified atom stereocenters. The van der Waals surface area contributed by atoms with Gasteiger partial charge in [-0.15, -0.1) is 0 Å². The smallest absolute Gasteiger partial charge is 0.346 e. The lowest BCUT2D eigenvalue weighted by molar-refractivity contribution is -0.148. The van der Waals surface area contributed by atoms with Crippen molar-refractivity contribution in [1.82, 2.24) is 4.90 Å². The third kappa shape index (κ3) is 8.52. The molecule has 0 fully saturated rings. The summed E-state index contributed by atoms with van der Waals surface area (Å²) in [6.45, 7) is 1.10. The summed E-state index contributed by atoms with van der Waals surface area (Å²) in [5.41, 5.74) is 5.30. The fourth-order valence-electron chi connectivity index (χ4n) is 1.23. The van der Waals surface area contributed by atoms with E-state index in [2.05, 4.69) is 0 Å². The highest BCUT2D eigenvalue weighted by molar-refractivity contribution is 5.75. The summed E-state index contributed by atoms with van der Waals surface area (Å²) < 4.78 is 35.5. The molecule has 6 heteroatoms. The summed E-state index contributed by atoms with van der Waals surface area (Å²) in [5.74, 6) is -0.454. The van der Waals surface area contributed by atoms with Gasteiger partial charge in [-0.25, -0.2) is 0 Å². The van der Waals surface area contributed by atoms with Crippen molar-refractivity contribution in [3.05, 3.63) is 0 Å². The molecule has 0 radical (unpaired) electrons. The first-order valence-corrected chi connectivity index (χ1v) is 5.37. The van der Waals surface area contributed by atoms with Gasteiger partial charge in [0.25, 0.3) is 0 Å². The van der Waals surface area contributed by atoms with E-state index < -0.39 is 24.9 Å². The molecule has 0 saturated heterocycles. The zero-order chi connectivity index (χ0) is 12.6. The van der Waals surface area contributed by atoms with Crippen molar-refractivity contribution < 1.29 is 18.0 Å². The Morgan fingerprint density at radius 1 is 1.25 bits per heavy atom. The molecule has 2 N–H and O–H groups in total. The lowest BCUT2D eigenvalue weighted by Crippen LogP contribution is -2.28. The Bertz CT molecular complexity index is 207. The number of carbonyl (C=O) groups excluding carboxylic acids is 1. The van der Waals surface area contributed by atoms with Crippen LogP contribution in [-0.4, -0.2) is 37.1 Å². The summed E-state index contributed by atoms with van der Waals surface area (Å²) in [4.78, 5) is 12.6. The topological polar surface area (TPSA) is 46.3 Å². The second-order valence-corrected chi connectivity index (χ2v) is 3.78. The average Bonchev–Trinajstić information content (AvgIpc) is 2.19. The Morgan fingerprint density at radius 3 is 2.38 bits per heavy atom. The maximum atomic E-state index is 11.8. The quantitative estimate of drug-likeness (QED) is 0.691. The molecule has 96 valence electrons. The second kappa shape index (κ2) is 7.49. The zero-order valence-electron chi connectivity index (χ0n) is 9.52. The normalized spacial score (nSPS) is 11.6. The van der Waals surface area contributed by atoms with Gasteiger partial charge in [0.2, 0.25) is 5.91 Å². The van der Waals surface area contributed by atoms with Crippen LogP contribution in [0.15, 0.2) is 0 Å². The molecule has 0 atom stereocenters. The summed E-state index contributed by atoms with van der Waals surface area (Å²) in [6.07, 6.45) is -3.20. The number of carbonyl (C=O) groups is 1. The van der Waals surface area contributed by atoms with Crippen LogP contribution in [0.2, 0.25) is 0 Å². The van der Waals surface area contributed by atoms with Gasteiger partial charge in [0.15, 0.2) is 0 Å². The summed E-state index contributed by atoms with van der Waals surface area (Å²) in [5, 5.41) is 0. The molecular formula is C10H19F3N2O. The standard InChI is InChI=1S/C10H19F3N2O/c1-15(8-4-2-3-7-14)9(16)5-6-10(11,12)13/h2-8,14H2,1H3. The molecule has 0 bridgehead atoms. The van der Waals surface area contributed by atoms with Crippen LogP contribution >= 0.6 is 0 Å². The summed E-state index contributed by atoms with van der Waals surface area (Å²) in [6, 6.07) is 0. The maximum Gasteiger partial charge on any atom is 0.389 e.